The van der Waals surface area contributed by atoms with Gasteiger partial charge >= 0.3 is 0 Å². The number of aromatic nitrogens is 4. The fourth-order valence-corrected chi connectivity index (χ4v) is 3.84. The number of ketones is 1. The summed E-state index contributed by atoms with van der Waals surface area (Å²) >= 11 is 0. The van der Waals surface area contributed by atoms with Crippen LogP contribution in [0.25, 0.3) is 11.0 Å². The number of nitrogens with one attached hydrogen (secondary N) is 2. The number of hydrogen-bond donors (Lipinski definition) is 2. The van der Waals surface area contributed by atoms with Crippen LogP contribution in [0.4, 0.5) is 5.82 Å². The Morgan fingerprint density at radius 3 is 2.81 bits per heavy atom. The Morgan fingerprint density at radius 2 is 2.00 bits per heavy atom. The highest BCUT2D eigenvalue weighted by Crippen LogP contribution is 2.44. The van der Waals surface area contributed by atoms with Crippen molar-refractivity contribution < 1.29 is 14.2 Å². The van der Waals surface area contributed by atoms with Crippen LogP contribution < -0.4 is 10.9 Å². The summed E-state index contributed by atoms with van der Waals surface area (Å²) in [5, 5.41) is 13.7. The van der Waals surface area contributed by atoms with E-state index in [9.17, 15) is 9.59 Å². The molecule has 0 bridgehead atoms. The van der Waals surface area contributed by atoms with E-state index in [0.29, 0.717) is 33.7 Å². The van der Waals surface area contributed by atoms with Crippen LogP contribution in [-0.2, 0) is 16.6 Å². The molecule has 0 aliphatic carbocycles. The summed E-state index contributed by atoms with van der Waals surface area (Å²) in [5.41, 5.74) is 2.47. The number of aromatic amines is 1. The van der Waals surface area contributed by atoms with Crippen LogP contribution in [-0.4, -0.2) is 38.1 Å². The Balaban J connectivity index is 1.80. The molecule has 5 rings (SSSR count). The third-order valence-corrected chi connectivity index (χ3v) is 5.26. The Hall–Kier alpha value is -3.20. The van der Waals surface area contributed by atoms with Crippen LogP contribution in [0.5, 0.6) is 0 Å². The maximum Gasteiger partial charge on any atom is 0.270 e. The smallest absolute Gasteiger partial charge is 0.270 e. The molecule has 2 N–H and O–H groups in total. The summed E-state index contributed by atoms with van der Waals surface area (Å²) < 4.78 is 12.1. The van der Waals surface area contributed by atoms with E-state index in [1.807, 2.05) is 6.07 Å². The number of aryl methyl sites for hydroxylation is 1. The SMILES string of the molecule is Cn1[nH]c(=O)c2c1NC1=C(C(=O)C(C)(C)OC1)C2c1ccc2nonc2c1. The summed E-state index contributed by atoms with van der Waals surface area (Å²) in [6, 6.07) is 5.42. The Bertz CT molecular complexity index is 1200. The van der Waals surface area contributed by atoms with Crippen molar-refractivity contribution in [3.8, 4) is 0 Å². The second kappa shape index (κ2) is 5.17. The number of benzene rings is 1. The molecule has 27 heavy (non-hydrogen) atoms. The van der Waals surface area contributed by atoms with E-state index >= 15 is 0 Å². The van der Waals surface area contributed by atoms with Gasteiger partial charge in [0.2, 0.25) is 0 Å². The van der Waals surface area contributed by atoms with E-state index in [0.717, 1.165) is 5.56 Å². The largest absolute Gasteiger partial charge is 0.361 e. The number of carbonyl (C=O) groups is 1. The van der Waals surface area contributed by atoms with Gasteiger partial charge in [0.15, 0.2) is 5.78 Å². The summed E-state index contributed by atoms with van der Waals surface area (Å²) in [6.45, 7) is 3.74. The van der Waals surface area contributed by atoms with E-state index in [2.05, 4.69) is 20.7 Å². The standard InChI is InChI=1S/C18H17N5O4/c1-18(2)15(24)13-11(7-26-18)19-16-14(17(25)20-23(16)3)12(13)8-4-5-9-10(6-8)22-27-21-9/h4-6,12,19H,7H2,1-3H3,(H,20,25). The van der Waals surface area contributed by atoms with Crippen molar-refractivity contribution in [3.63, 3.8) is 0 Å². The van der Waals surface area contributed by atoms with Crippen molar-refractivity contribution in [1.29, 1.82) is 0 Å². The van der Waals surface area contributed by atoms with Crippen molar-refractivity contribution >= 4 is 22.6 Å². The predicted molar refractivity (Wildman–Crippen MR) is 95.4 cm³/mol. The quantitative estimate of drug-likeness (QED) is 0.669. The molecule has 4 heterocycles. The average Bonchev–Trinajstić information content (AvgIpc) is 3.21. The number of anilines is 1. The molecule has 2 aliphatic rings. The van der Waals surface area contributed by atoms with Gasteiger partial charge < -0.3 is 10.1 Å². The van der Waals surface area contributed by atoms with Crippen molar-refractivity contribution in [2.75, 3.05) is 11.9 Å². The van der Waals surface area contributed by atoms with Gasteiger partial charge in [0.1, 0.15) is 22.5 Å². The zero-order chi connectivity index (χ0) is 18.9. The van der Waals surface area contributed by atoms with Gasteiger partial charge in [-0.1, -0.05) is 6.07 Å². The topological polar surface area (TPSA) is 115 Å². The van der Waals surface area contributed by atoms with Crippen LogP contribution in [0.2, 0.25) is 0 Å². The minimum atomic E-state index is -0.961. The lowest BCUT2D eigenvalue weighted by molar-refractivity contribution is -0.137. The number of ether oxygens (including phenoxy) is 1. The van der Waals surface area contributed by atoms with E-state index in [4.69, 9.17) is 9.37 Å². The van der Waals surface area contributed by atoms with E-state index < -0.39 is 11.5 Å². The normalized spacial score (nSPS) is 21.1. The number of rotatable bonds is 1. The highest BCUT2D eigenvalue weighted by molar-refractivity contribution is 6.06. The third-order valence-electron chi connectivity index (χ3n) is 5.26. The minimum Gasteiger partial charge on any atom is -0.361 e. The molecule has 9 nitrogen and oxygen atoms in total. The Kier molecular flexibility index (Phi) is 3.06. The van der Waals surface area contributed by atoms with Gasteiger partial charge in [-0.15, -0.1) is 0 Å². The second-order valence-corrected chi connectivity index (χ2v) is 7.35. The van der Waals surface area contributed by atoms with Crippen LogP contribution in [0, 0.1) is 0 Å². The van der Waals surface area contributed by atoms with Crippen molar-refractivity contribution in [2.24, 2.45) is 7.05 Å². The van der Waals surface area contributed by atoms with Gasteiger partial charge in [-0.3, -0.25) is 19.4 Å². The lowest BCUT2D eigenvalue weighted by atomic mass is 9.76. The van der Waals surface area contributed by atoms with Crippen molar-refractivity contribution in [1.82, 2.24) is 20.1 Å². The first-order valence-corrected chi connectivity index (χ1v) is 8.57. The number of Topliss-reactive ketones (excluding diaryl/α,β-unsaturated/α-hetero) is 1. The summed E-state index contributed by atoms with van der Waals surface area (Å²) in [4.78, 5) is 25.9. The van der Waals surface area contributed by atoms with Crippen LogP contribution in [0.3, 0.4) is 0 Å². The van der Waals surface area contributed by atoms with E-state index in [1.54, 1.807) is 37.7 Å². The lowest BCUT2D eigenvalue weighted by Gasteiger charge is -2.38. The molecular formula is C18H17N5O4. The average molecular weight is 367 g/mol. The minimum absolute atomic E-state index is 0.145. The van der Waals surface area contributed by atoms with Gasteiger partial charge in [0, 0.05) is 18.5 Å². The van der Waals surface area contributed by atoms with Crippen LogP contribution in [0.1, 0.15) is 30.9 Å². The Labute approximate surface area is 152 Å². The van der Waals surface area contributed by atoms with Gasteiger partial charge in [-0.05, 0) is 41.9 Å². The molecule has 9 heteroatoms. The highest BCUT2D eigenvalue weighted by Gasteiger charge is 2.45. The first-order chi connectivity index (χ1) is 12.9. The monoisotopic (exact) mass is 367 g/mol. The molecular weight excluding hydrogens is 350 g/mol. The molecule has 2 aromatic heterocycles. The first kappa shape index (κ1) is 16.0. The van der Waals surface area contributed by atoms with Gasteiger partial charge in [0.05, 0.1) is 17.9 Å². The number of hydrogen-bond acceptors (Lipinski definition) is 7. The van der Waals surface area contributed by atoms with Gasteiger partial charge in [-0.2, -0.15) is 0 Å². The van der Waals surface area contributed by atoms with Crippen molar-refractivity contribution in [3.05, 3.63) is 50.9 Å². The molecule has 1 aromatic carbocycles. The van der Waals surface area contributed by atoms with E-state index in [-0.39, 0.29) is 17.9 Å². The third kappa shape index (κ3) is 2.15. The zero-order valence-electron chi connectivity index (χ0n) is 15.0. The first-order valence-electron chi connectivity index (χ1n) is 8.57. The van der Waals surface area contributed by atoms with Gasteiger partial charge in [0.25, 0.3) is 5.56 Å². The summed E-state index contributed by atoms with van der Waals surface area (Å²) in [6.07, 6.45) is 0. The number of carbonyl (C=O) groups excluding carboxylic acids is 1. The second-order valence-electron chi connectivity index (χ2n) is 7.35. The Morgan fingerprint density at radius 1 is 1.22 bits per heavy atom. The fraction of sp³-hybridized carbons (Fsp3) is 0.333. The number of nitrogens with zero attached hydrogens (tertiary/aromatic N) is 3. The molecule has 0 fully saturated rings. The zero-order valence-corrected chi connectivity index (χ0v) is 15.0. The summed E-state index contributed by atoms with van der Waals surface area (Å²) in [5.74, 6) is -0.0512. The highest BCUT2D eigenvalue weighted by atomic mass is 16.6. The molecule has 1 unspecified atom stereocenters. The molecule has 0 amide bonds. The van der Waals surface area contributed by atoms with Crippen LogP contribution >= 0.6 is 0 Å². The van der Waals surface area contributed by atoms with E-state index in [1.165, 1.54) is 0 Å². The summed E-state index contributed by atoms with van der Waals surface area (Å²) in [7, 11) is 1.75. The number of fused-ring (bicyclic) bond motifs is 2. The molecule has 0 saturated heterocycles. The molecule has 0 saturated carbocycles. The maximum absolute atomic E-state index is 13.2. The molecule has 0 spiro atoms. The predicted octanol–water partition coefficient (Wildman–Crippen LogP) is 1.44. The molecule has 138 valence electrons. The van der Waals surface area contributed by atoms with Crippen molar-refractivity contribution in [2.45, 2.75) is 25.4 Å². The lowest BCUT2D eigenvalue weighted by Crippen LogP contribution is -2.45. The molecule has 2 aliphatic heterocycles. The maximum atomic E-state index is 13.2. The molecule has 1 atom stereocenters. The van der Waals surface area contributed by atoms with Crippen LogP contribution in [0.15, 0.2) is 38.9 Å². The molecule has 0 radical (unpaired) electrons. The molecule has 3 aromatic rings. The van der Waals surface area contributed by atoms with Gasteiger partial charge in [-0.25, -0.2) is 4.63 Å². The fourth-order valence-electron chi connectivity index (χ4n) is 3.84. The number of H-pyrrole nitrogens is 1.